The smallest absolute Gasteiger partial charge is 0.336 e. The van der Waals surface area contributed by atoms with Gasteiger partial charge >= 0.3 is 5.69 Å². The highest BCUT2D eigenvalue weighted by molar-refractivity contribution is 14.1. The molecule has 3 N–H and O–H groups in total. The largest absolute Gasteiger partial charge is 0.338 e. The maximum Gasteiger partial charge on any atom is 0.336 e. The minimum atomic E-state index is -3.81. The van der Waals surface area contributed by atoms with Crippen LogP contribution in [-0.2, 0) is 23.7 Å². The van der Waals surface area contributed by atoms with Crippen molar-refractivity contribution in [1.82, 2.24) is 18.4 Å². The molecule has 0 spiro atoms. The van der Waals surface area contributed by atoms with Crippen LogP contribution in [0, 0.1) is 16.3 Å². The third kappa shape index (κ3) is 4.43. The number of anilines is 3. The average molecular weight is 678 g/mol. The van der Waals surface area contributed by atoms with Crippen molar-refractivity contribution in [3.63, 3.8) is 0 Å². The quantitative estimate of drug-likeness (QED) is 0.284. The van der Waals surface area contributed by atoms with Crippen molar-refractivity contribution < 1.29 is 12.8 Å². The van der Waals surface area contributed by atoms with Crippen LogP contribution < -0.4 is 31.6 Å². The van der Waals surface area contributed by atoms with Crippen molar-refractivity contribution >= 4 is 60.9 Å². The molecule has 0 amide bonds. The second kappa shape index (κ2) is 9.55. The van der Waals surface area contributed by atoms with Crippen LogP contribution in [0.5, 0.6) is 0 Å². The number of nitrogens with one attached hydrogen (secondary N) is 3. The van der Waals surface area contributed by atoms with Gasteiger partial charge in [-0.05, 0) is 84.7 Å². The molecule has 3 heterocycles. The number of hydrogen-bond donors (Lipinski definition) is 3. The summed E-state index contributed by atoms with van der Waals surface area (Å²) in [7, 11) is -2.34. The summed E-state index contributed by atoms with van der Waals surface area (Å²) in [5.74, 6) is -0.533. The van der Waals surface area contributed by atoms with Crippen LogP contribution in [0.15, 0.2) is 50.8 Å². The first-order valence-corrected chi connectivity index (χ1v) is 15.1. The third-order valence-corrected chi connectivity index (χ3v) is 8.97. The lowest BCUT2D eigenvalue weighted by molar-refractivity contribution is 0.588. The Kier molecular flexibility index (Phi) is 6.38. The van der Waals surface area contributed by atoms with Gasteiger partial charge in [0, 0.05) is 28.8 Å². The summed E-state index contributed by atoms with van der Waals surface area (Å²) in [5, 5.41) is 2.97. The molecule has 2 aliphatic rings. The van der Waals surface area contributed by atoms with Crippen LogP contribution in [0.25, 0.3) is 16.6 Å². The van der Waals surface area contributed by atoms with Crippen LogP contribution in [0.2, 0.25) is 0 Å². The molecule has 0 atom stereocenters. The molecule has 1 fully saturated rings. The number of aryl methyl sites for hydroxylation is 1. The van der Waals surface area contributed by atoms with E-state index >= 15 is 0 Å². The molecule has 4 aromatic rings. The first-order chi connectivity index (χ1) is 19.0. The first-order valence-electron chi connectivity index (χ1n) is 12.5. The number of fused-ring (bicyclic) bond motifs is 2. The third-order valence-electron chi connectivity index (χ3n) is 7.22. The van der Waals surface area contributed by atoms with E-state index in [-0.39, 0.29) is 51.9 Å². The van der Waals surface area contributed by atoms with Gasteiger partial charge in [0.2, 0.25) is 0 Å². The summed E-state index contributed by atoms with van der Waals surface area (Å²) in [6.45, 7) is 1.73. The van der Waals surface area contributed by atoms with Gasteiger partial charge in [0.25, 0.3) is 21.3 Å². The van der Waals surface area contributed by atoms with Gasteiger partial charge in [0.15, 0.2) is 0 Å². The SMILES string of the molecule is Cc1c(=O)n(C)c(Nc2ccc(I)cc2F)c2c(=O)n(C3CC3)c(=O)n(-c3ccc4c(c3)NS(=O)(=O)NCC4)c12. The molecule has 0 saturated heterocycles. The monoisotopic (exact) mass is 678 g/mol. The molecular weight excluding hydrogens is 654 g/mol. The summed E-state index contributed by atoms with van der Waals surface area (Å²) >= 11 is 1.98. The fourth-order valence-electron chi connectivity index (χ4n) is 5.09. The number of hydrogen-bond acceptors (Lipinski definition) is 6. The van der Waals surface area contributed by atoms with Gasteiger partial charge in [0.05, 0.1) is 22.6 Å². The minimum absolute atomic E-state index is 0.0403. The molecule has 6 rings (SSSR count). The van der Waals surface area contributed by atoms with Gasteiger partial charge < -0.3 is 5.32 Å². The molecule has 0 unspecified atom stereocenters. The second-order valence-electron chi connectivity index (χ2n) is 9.93. The highest BCUT2D eigenvalue weighted by atomic mass is 127. The van der Waals surface area contributed by atoms with E-state index < -0.39 is 32.8 Å². The van der Waals surface area contributed by atoms with E-state index in [1.165, 1.54) is 45.9 Å². The highest BCUT2D eigenvalue weighted by Gasteiger charge is 2.32. The second-order valence-corrected chi connectivity index (χ2v) is 12.7. The molecule has 208 valence electrons. The van der Waals surface area contributed by atoms with Crippen molar-refractivity contribution in [2.24, 2.45) is 7.05 Å². The molecule has 1 aliphatic carbocycles. The van der Waals surface area contributed by atoms with Crippen molar-refractivity contribution in [3.05, 3.63) is 88.1 Å². The lowest BCUT2D eigenvalue weighted by Crippen LogP contribution is -2.41. The Morgan fingerprint density at radius 3 is 2.52 bits per heavy atom. The normalized spacial score (nSPS) is 16.3. The molecule has 2 aromatic heterocycles. The summed E-state index contributed by atoms with van der Waals surface area (Å²) < 4.78 is 48.8. The van der Waals surface area contributed by atoms with E-state index in [1.807, 2.05) is 22.6 Å². The zero-order valence-corrected chi connectivity index (χ0v) is 24.4. The Balaban J connectivity index is 1.70. The lowest BCUT2D eigenvalue weighted by Gasteiger charge is -2.21. The predicted molar refractivity (Wildman–Crippen MR) is 159 cm³/mol. The van der Waals surface area contributed by atoms with Crippen LogP contribution >= 0.6 is 22.6 Å². The van der Waals surface area contributed by atoms with Gasteiger partial charge in [-0.2, -0.15) is 13.1 Å². The van der Waals surface area contributed by atoms with Crippen LogP contribution in [0.1, 0.15) is 30.0 Å². The van der Waals surface area contributed by atoms with Gasteiger partial charge in [0.1, 0.15) is 17.0 Å². The Hall–Kier alpha value is -3.50. The van der Waals surface area contributed by atoms with Gasteiger partial charge in [-0.15, -0.1) is 0 Å². The van der Waals surface area contributed by atoms with Crippen molar-refractivity contribution in [2.75, 3.05) is 16.6 Å². The molecule has 11 nitrogen and oxygen atoms in total. The summed E-state index contributed by atoms with van der Waals surface area (Å²) in [4.78, 5) is 41.3. The van der Waals surface area contributed by atoms with E-state index in [4.69, 9.17) is 0 Å². The molecule has 14 heteroatoms. The molecule has 0 radical (unpaired) electrons. The molecular formula is C26H24FIN6O5S. The summed E-state index contributed by atoms with van der Waals surface area (Å²) in [6.07, 6.45) is 1.69. The highest BCUT2D eigenvalue weighted by Crippen LogP contribution is 2.34. The zero-order chi connectivity index (χ0) is 28.5. The van der Waals surface area contributed by atoms with Crippen LogP contribution in [0.3, 0.4) is 0 Å². The maximum absolute atomic E-state index is 14.9. The summed E-state index contributed by atoms with van der Waals surface area (Å²) in [6, 6.07) is 9.08. The molecule has 1 saturated carbocycles. The first kappa shape index (κ1) is 26.7. The number of aromatic nitrogens is 3. The van der Waals surface area contributed by atoms with E-state index in [9.17, 15) is 27.2 Å². The predicted octanol–water partition coefficient (Wildman–Crippen LogP) is 2.78. The van der Waals surface area contributed by atoms with E-state index in [0.29, 0.717) is 22.8 Å². The van der Waals surface area contributed by atoms with E-state index in [0.717, 1.165) is 5.56 Å². The minimum Gasteiger partial charge on any atom is -0.338 e. The average Bonchev–Trinajstić information content (AvgIpc) is 3.73. The molecule has 40 heavy (non-hydrogen) atoms. The fourth-order valence-corrected chi connectivity index (χ4v) is 6.47. The topological polar surface area (TPSA) is 136 Å². The fraction of sp³-hybridized carbons (Fsp3) is 0.269. The maximum atomic E-state index is 14.9. The Morgan fingerprint density at radius 2 is 1.82 bits per heavy atom. The van der Waals surface area contributed by atoms with Gasteiger partial charge in [-0.25, -0.2) is 9.18 Å². The number of nitrogens with zero attached hydrogens (tertiary/aromatic N) is 3. The Morgan fingerprint density at radius 1 is 1.07 bits per heavy atom. The summed E-state index contributed by atoms with van der Waals surface area (Å²) in [5.41, 5.74) is -0.182. The molecule has 2 aromatic carbocycles. The number of benzene rings is 2. The van der Waals surface area contributed by atoms with E-state index in [2.05, 4.69) is 14.8 Å². The lowest BCUT2D eigenvalue weighted by atomic mass is 10.1. The van der Waals surface area contributed by atoms with Crippen LogP contribution in [-0.4, -0.2) is 28.7 Å². The standard InChI is InChI=1S/C26H24FIN6O5S/c1-13-22-21(23(32(2)24(13)35)30-19-8-4-15(28)11-18(19)27)25(36)34(16-6-7-16)26(37)33(22)17-5-3-14-9-10-29-40(38,39)31-20(14)12-17/h3-5,8,11-12,16,29-31H,6-7,9-10H2,1-2H3. The van der Waals surface area contributed by atoms with Crippen molar-refractivity contribution in [1.29, 1.82) is 0 Å². The van der Waals surface area contributed by atoms with Crippen molar-refractivity contribution in [3.8, 4) is 5.69 Å². The zero-order valence-electron chi connectivity index (χ0n) is 21.4. The van der Waals surface area contributed by atoms with Gasteiger partial charge in [-0.3, -0.25) is 28.0 Å². The van der Waals surface area contributed by atoms with Crippen molar-refractivity contribution in [2.45, 2.75) is 32.2 Å². The Labute approximate surface area is 241 Å². The van der Waals surface area contributed by atoms with Crippen LogP contribution in [0.4, 0.5) is 21.6 Å². The number of rotatable bonds is 4. The van der Waals surface area contributed by atoms with Gasteiger partial charge in [-0.1, -0.05) is 6.07 Å². The Bertz CT molecular complexity index is 2030. The number of pyridine rings is 1. The molecule has 0 bridgehead atoms. The number of halogens is 2. The van der Waals surface area contributed by atoms with E-state index in [1.54, 1.807) is 18.2 Å². The molecule has 1 aliphatic heterocycles.